The number of hydrogen-bond donors (Lipinski definition) is 3. The van der Waals surface area contributed by atoms with Gasteiger partial charge in [0.1, 0.15) is 11.9 Å². The monoisotopic (exact) mass is 226 g/mol. The van der Waals surface area contributed by atoms with Crippen LogP contribution in [-0.2, 0) is 11.2 Å². The van der Waals surface area contributed by atoms with E-state index in [1.54, 1.807) is 6.07 Å². The van der Waals surface area contributed by atoms with Crippen LogP contribution in [0.3, 0.4) is 0 Å². The maximum absolute atomic E-state index is 12.8. The van der Waals surface area contributed by atoms with Gasteiger partial charge in [0.25, 0.3) is 0 Å². The van der Waals surface area contributed by atoms with Gasteiger partial charge in [-0.25, -0.2) is 4.39 Å². The topological polar surface area (TPSA) is 75.3 Å². The number of benzene rings is 1. The number of aliphatic carboxylic acids is 1. The fraction of sp³-hybridized carbons (Fsp3) is 0.364. The Hall–Kier alpha value is -1.46. The van der Waals surface area contributed by atoms with E-state index < -0.39 is 12.0 Å². The maximum atomic E-state index is 12.8. The molecule has 4 nitrogen and oxygen atoms in total. The normalized spacial score (nSPS) is 12.4. The van der Waals surface area contributed by atoms with Crippen molar-refractivity contribution in [3.8, 4) is 0 Å². The number of carboxylic acid groups (broad SMARTS) is 1. The van der Waals surface area contributed by atoms with Gasteiger partial charge in [0.05, 0.1) is 0 Å². The summed E-state index contributed by atoms with van der Waals surface area (Å²) in [6.45, 7) is 0.787. The molecule has 0 aliphatic heterocycles. The highest BCUT2D eigenvalue weighted by Gasteiger charge is 2.09. The summed E-state index contributed by atoms with van der Waals surface area (Å²) in [5, 5.41) is 11.4. The number of nitrogens with two attached hydrogens (primary N) is 1. The van der Waals surface area contributed by atoms with Gasteiger partial charge in [-0.2, -0.15) is 0 Å². The van der Waals surface area contributed by atoms with E-state index in [1.165, 1.54) is 12.1 Å². The van der Waals surface area contributed by atoms with Gasteiger partial charge in [-0.1, -0.05) is 12.1 Å². The van der Waals surface area contributed by atoms with E-state index in [-0.39, 0.29) is 12.4 Å². The molecule has 1 aromatic carbocycles. The summed E-state index contributed by atoms with van der Waals surface area (Å²) in [4.78, 5) is 10.4. The number of halogens is 1. The summed E-state index contributed by atoms with van der Waals surface area (Å²) in [7, 11) is 0. The third-order valence-electron chi connectivity index (χ3n) is 2.16. The first kappa shape index (κ1) is 12.6. The molecule has 0 aromatic heterocycles. The molecule has 4 N–H and O–H groups in total. The molecule has 0 bridgehead atoms. The lowest BCUT2D eigenvalue weighted by Gasteiger charge is -2.08. The van der Waals surface area contributed by atoms with E-state index in [1.807, 2.05) is 6.07 Å². The van der Waals surface area contributed by atoms with Crippen molar-refractivity contribution in [2.75, 3.05) is 13.1 Å². The van der Waals surface area contributed by atoms with Crippen molar-refractivity contribution in [2.45, 2.75) is 12.5 Å². The van der Waals surface area contributed by atoms with Gasteiger partial charge in [0, 0.05) is 6.54 Å². The Morgan fingerprint density at radius 2 is 2.31 bits per heavy atom. The minimum absolute atomic E-state index is 0.213. The smallest absolute Gasteiger partial charge is 0.321 e. The standard InChI is InChI=1S/C11H15FN2O2/c12-9-3-1-2-8(6-9)4-5-14-7-10(13)11(15)16/h1-3,6,10,14H,4-5,7,13H2,(H,15,16). The molecule has 0 saturated carbocycles. The zero-order valence-electron chi connectivity index (χ0n) is 8.82. The predicted octanol–water partition coefficient (Wildman–Crippen LogP) is 0.370. The number of nitrogens with one attached hydrogen (secondary N) is 1. The maximum Gasteiger partial charge on any atom is 0.321 e. The van der Waals surface area contributed by atoms with Gasteiger partial charge < -0.3 is 16.2 Å². The number of carbonyl (C=O) groups is 1. The van der Waals surface area contributed by atoms with Crippen LogP contribution in [0.15, 0.2) is 24.3 Å². The van der Waals surface area contributed by atoms with Gasteiger partial charge >= 0.3 is 5.97 Å². The Morgan fingerprint density at radius 3 is 2.94 bits per heavy atom. The number of carboxylic acids is 1. The van der Waals surface area contributed by atoms with E-state index in [0.29, 0.717) is 13.0 Å². The van der Waals surface area contributed by atoms with Crippen LogP contribution < -0.4 is 11.1 Å². The van der Waals surface area contributed by atoms with Crippen LogP contribution in [0.25, 0.3) is 0 Å². The van der Waals surface area contributed by atoms with Gasteiger partial charge in [0.15, 0.2) is 0 Å². The molecule has 88 valence electrons. The molecule has 0 spiro atoms. The Labute approximate surface area is 93.3 Å². The lowest BCUT2D eigenvalue weighted by Crippen LogP contribution is -2.40. The Morgan fingerprint density at radius 1 is 1.56 bits per heavy atom. The minimum Gasteiger partial charge on any atom is -0.480 e. The Balaban J connectivity index is 2.23. The van der Waals surface area contributed by atoms with E-state index in [2.05, 4.69) is 5.32 Å². The molecule has 0 fully saturated rings. The van der Waals surface area contributed by atoms with Crippen molar-refractivity contribution >= 4 is 5.97 Å². The largest absolute Gasteiger partial charge is 0.480 e. The van der Waals surface area contributed by atoms with Crippen molar-refractivity contribution < 1.29 is 14.3 Å². The molecular weight excluding hydrogens is 211 g/mol. The lowest BCUT2D eigenvalue weighted by atomic mass is 10.1. The fourth-order valence-corrected chi connectivity index (χ4v) is 1.27. The van der Waals surface area contributed by atoms with Crippen molar-refractivity contribution in [3.63, 3.8) is 0 Å². The van der Waals surface area contributed by atoms with Crippen molar-refractivity contribution in [2.24, 2.45) is 5.73 Å². The second kappa shape index (κ2) is 6.19. The van der Waals surface area contributed by atoms with Crippen LogP contribution in [0.4, 0.5) is 4.39 Å². The summed E-state index contributed by atoms with van der Waals surface area (Å²) in [6, 6.07) is 5.42. The fourth-order valence-electron chi connectivity index (χ4n) is 1.27. The van der Waals surface area contributed by atoms with E-state index in [0.717, 1.165) is 5.56 Å². The van der Waals surface area contributed by atoms with Gasteiger partial charge in [-0.15, -0.1) is 0 Å². The summed E-state index contributed by atoms with van der Waals surface area (Å²) in [5.41, 5.74) is 6.17. The highest BCUT2D eigenvalue weighted by atomic mass is 19.1. The molecule has 0 saturated heterocycles. The van der Waals surface area contributed by atoms with Crippen molar-refractivity contribution in [1.29, 1.82) is 0 Å². The first-order chi connectivity index (χ1) is 7.59. The molecule has 5 heteroatoms. The highest BCUT2D eigenvalue weighted by molar-refractivity contribution is 5.73. The molecule has 0 aliphatic carbocycles. The van der Waals surface area contributed by atoms with Crippen molar-refractivity contribution in [3.05, 3.63) is 35.6 Å². The van der Waals surface area contributed by atoms with Crippen LogP contribution in [0.1, 0.15) is 5.56 Å². The average Bonchev–Trinajstić information content (AvgIpc) is 2.24. The molecule has 0 aliphatic rings. The van der Waals surface area contributed by atoms with E-state index >= 15 is 0 Å². The number of rotatable bonds is 6. The Kier molecular flexibility index (Phi) is 4.88. The second-order valence-corrected chi connectivity index (χ2v) is 3.53. The van der Waals surface area contributed by atoms with E-state index in [9.17, 15) is 9.18 Å². The first-order valence-electron chi connectivity index (χ1n) is 5.03. The number of hydrogen-bond acceptors (Lipinski definition) is 3. The van der Waals surface area contributed by atoms with Crippen LogP contribution in [0.2, 0.25) is 0 Å². The first-order valence-corrected chi connectivity index (χ1v) is 5.03. The average molecular weight is 226 g/mol. The highest BCUT2D eigenvalue weighted by Crippen LogP contribution is 2.03. The lowest BCUT2D eigenvalue weighted by molar-refractivity contribution is -0.138. The minimum atomic E-state index is -1.03. The van der Waals surface area contributed by atoms with Crippen LogP contribution >= 0.6 is 0 Å². The second-order valence-electron chi connectivity index (χ2n) is 3.53. The third-order valence-corrected chi connectivity index (χ3v) is 2.16. The summed E-state index contributed by atoms with van der Waals surface area (Å²) < 4.78 is 12.8. The molecule has 0 amide bonds. The van der Waals surface area contributed by atoms with Gasteiger partial charge in [-0.05, 0) is 30.7 Å². The van der Waals surface area contributed by atoms with Crippen molar-refractivity contribution in [1.82, 2.24) is 5.32 Å². The molecule has 1 aromatic rings. The van der Waals surface area contributed by atoms with Gasteiger partial charge in [0.2, 0.25) is 0 Å². The SMILES string of the molecule is NC(CNCCc1cccc(F)c1)C(=O)O. The van der Waals surface area contributed by atoms with Crippen LogP contribution in [0.5, 0.6) is 0 Å². The van der Waals surface area contributed by atoms with Gasteiger partial charge in [-0.3, -0.25) is 4.79 Å². The molecule has 1 rings (SSSR count). The Bertz CT molecular complexity index is 358. The summed E-state index contributed by atoms with van der Waals surface area (Å²) in [6.07, 6.45) is 0.643. The zero-order chi connectivity index (χ0) is 12.0. The quantitative estimate of drug-likeness (QED) is 0.613. The molecule has 1 unspecified atom stereocenters. The van der Waals surface area contributed by atoms with Crippen LogP contribution in [0, 0.1) is 5.82 Å². The summed E-state index contributed by atoms with van der Waals surface area (Å²) in [5.74, 6) is -1.29. The molecule has 0 radical (unpaired) electrons. The predicted molar refractivity (Wildman–Crippen MR) is 58.6 cm³/mol. The molecule has 1 atom stereocenters. The summed E-state index contributed by atoms with van der Waals surface area (Å²) >= 11 is 0. The third kappa shape index (κ3) is 4.37. The zero-order valence-corrected chi connectivity index (χ0v) is 8.82. The van der Waals surface area contributed by atoms with E-state index in [4.69, 9.17) is 10.8 Å². The molecular formula is C11H15FN2O2. The molecule has 0 heterocycles. The van der Waals surface area contributed by atoms with Crippen LogP contribution in [-0.4, -0.2) is 30.2 Å². The molecule has 16 heavy (non-hydrogen) atoms.